The Morgan fingerprint density at radius 2 is 1.29 bits per heavy atom. The highest BCUT2D eigenvalue weighted by Crippen LogP contribution is 2.20. The molecule has 3 rings (SSSR count). The molecule has 0 aromatic heterocycles. The van der Waals surface area contributed by atoms with Crippen LogP contribution in [0.5, 0.6) is 0 Å². The van der Waals surface area contributed by atoms with E-state index < -0.39 is 0 Å². The van der Waals surface area contributed by atoms with Gasteiger partial charge in [0.1, 0.15) is 0 Å². The average molecular weight is 323 g/mol. The lowest BCUT2D eigenvalue weighted by Crippen LogP contribution is -2.29. The molecule has 2 heteroatoms. The molecule has 1 aliphatic rings. The number of benzene rings is 2. The number of hydrogen-bond acceptors (Lipinski definition) is 2. The first-order chi connectivity index (χ1) is 11.9. The number of ether oxygens (including phenoxy) is 1. The summed E-state index contributed by atoms with van der Waals surface area (Å²) in [5.41, 5.74) is 2.73. The minimum Gasteiger partial charge on any atom is -0.377 e. The van der Waals surface area contributed by atoms with Crippen LogP contribution in [0, 0.1) is 0 Å². The second-order valence-electron chi connectivity index (χ2n) is 6.81. The molecular formula is C22H29NO. The molecule has 0 radical (unpaired) electrons. The summed E-state index contributed by atoms with van der Waals surface area (Å²) >= 11 is 0. The van der Waals surface area contributed by atoms with Gasteiger partial charge in [0.15, 0.2) is 0 Å². The summed E-state index contributed by atoms with van der Waals surface area (Å²) in [6, 6.07) is 21.5. The van der Waals surface area contributed by atoms with E-state index in [1.165, 1.54) is 43.2 Å². The third-order valence-electron chi connectivity index (χ3n) is 4.81. The summed E-state index contributed by atoms with van der Waals surface area (Å²) in [5, 5.41) is 0. The van der Waals surface area contributed by atoms with E-state index >= 15 is 0 Å². The lowest BCUT2D eigenvalue weighted by Gasteiger charge is -2.26. The van der Waals surface area contributed by atoms with E-state index in [1.807, 2.05) is 0 Å². The van der Waals surface area contributed by atoms with Crippen molar-refractivity contribution in [3.05, 3.63) is 71.8 Å². The standard InChI is InChI=1S/C22H29NO/c1-4-10-20(11-5-1)18-23(19-21-12-6-2-7-13-21)16-17-24-22-14-8-3-9-15-22/h1-2,4-7,10-13,22H,3,8-9,14-19H2. The molecule has 0 N–H and O–H groups in total. The summed E-state index contributed by atoms with van der Waals surface area (Å²) < 4.78 is 6.15. The molecule has 0 spiro atoms. The van der Waals surface area contributed by atoms with Crippen molar-refractivity contribution >= 4 is 0 Å². The van der Waals surface area contributed by atoms with Gasteiger partial charge in [-0.15, -0.1) is 0 Å². The maximum Gasteiger partial charge on any atom is 0.0597 e. The first-order valence-electron chi connectivity index (χ1n) is 9.32. The Kier molecular flexibility index (Phi) is 6.88. The highest BCUT2D eigenvalue weighted by molar-refractivity contribution is 5.17. The zero-order valence-corrected chi connectivity index (χ0v) is 14.6. The van der Waals surface area contributed by atoms with Crippen LogP contribution < -0.4 is 0 Å². The van der Waals surface area contributed by atoms with Crippen LogP contribution in [0.25, 0.3) is 0 Å². The molecule has 2 aromatic carbocycles. The minimum atomic E-state index is 0.494. The summed E-state index contributed by atoms with van der Waals surface area (Å²) in [6.07, 6.45) is 7.04. The van der Waals surface area contributed by atoms with Gasteiger partial charge in [0, 0.05) is 19.6 Å². The van der Waals surface area contributed by atoms with Crippen LogP contribution >= 0.6 is 0 Å². The zero-order chi connectivity index (χ0) is 16.5. The monoisotopic (exact) mass is 323 g/mol. The molecule has 128 valence electrons. The Bertz CT molecular complexity index is 522. The van der Waals surface area contributed by atoms with Gasteiger partial charge in [-0.25, -0.2) is 0 Å². The van der Waals surface area contributed by atoms with Gasteiger partial charge in [0.25, 0.3) is 0 Å². The van der Waals surface area contributed by atoms with Crippen molar-refractivity contribution in [2.45, 2.75) is 51.3 Å². The Balaban J connectivity index is 1.54. The van der Waals surface area contributed by atoms with Crippen LogP contribution in [0.4, 0.5) is 0 Å². The number of hydrogen-bond donors (Lipinski definition) is 0. The fourth-order valence-corrected chi connectivity index (χ4v) is 3.48. The lowest BCUT2D eigenvalue weighted by molar-refractivity contribution is 0.0141. The molecule has 0 heterocycles. The van der Waals surface area contributed by atoms with Crippen LogP contribution in [0.3, 0.4) is 0 Å². The highest BCUT2D eigenvalue weighted by Gasteiger charge is 2.14. The Morgan fingerprint density at radius 3 is 1.83 bits per heavy atom. The van der Waals surface area contributed by atoms with Crippen molar-refractivity contribution in [2.24, 2.45) is 0 Å². The van der Waals surface area contributed by atoms with Gasteiger partial charge in [0.05, 0.1) is 12.7 Å². The summed E-state index contributed by atoms with van der Waals surface area (Å²) in [7, 11) is 0. The maximum atomic E-state index is 6.15. The van der Waals surface area contributed by atoms with Gasteiger partial charge in [-0.1, -0.05) is 79.9 Å². The van der Waals surface area contributed by atoms with Crippen molar-refractivity contribution in [1.82, 2.24) is 4.90 Å². The molecule has 0 saturated heterocycles. The van der Waals surface area contributed by atoms with Gasteiger partial charge < -0.3 is 4.74 Å². The van der Waals surface area contributed by atoms with Gasteiger partial charge in [-0.3, -0.25) is 4.90 Å². The maximum absolute atomic E-state index is 6.15. The van der Waals surface area contributed by atoms with Crippen LogP contribution in [0.1, 0.15) is 43.2 Å². The second kappa shape index (κ2) is 9.61. The fraction of sp³-hybridized carbons (Fsp3) is 0.455. The van der Waals surface area contributed by atoms with Crippen molar-refractivity contribution < 1.29 is 4.74 Å². The zero-order valence-electron chi connectivity index (χ0n) is 14.6. The van der Waals surface area contributed by atoms with E-state index in [2.05, 4.69) is 65.6 Å². The second-order valence-corrected chi connectivity index (χ2v) is 6.81. The molecular weight excluding hydrogens is 294 g/mol. The predicted octanol–water partition coefficient (Wildman–Crippen LogP) is 5.04. The molecule has 0 amide bonds. The molecule has 0 bridgehead atoms. The normalized spacial score (nSPS) is 15.7. The number of rotatable bonds is 8. The Labute approximate surface area is 146 Å². The minimum absolute atomic E-state index is 0.494. The SMILES string of the molecule is c1ccc(CN(CCOC2CCCCC2)Cc2ccccc2)cc1. The largest absolute Gasteiger partial charge is 0.377 e. The van der Waals surface area contributed by atoms with Crippen molar-refractivity contribution in [1.29, 1.82) is 0 Å². The molecule has 1 aliphatic carbocycles. The van der Waals surface area contributed by atoms with E-state index in [-0.39, 0.29) is 0 Å². The first-order valence-corrected chi connectivity index (χ1v) is 9.32. The lowest BCUT2D eigenvalue weighted by atomic mass is 9.98. The smallest absolute Gasteiger partial charge is 0.0597 e. The van der Waals surface area contributed by atoms with E-state index in [4.69, 9.17) is 4.74 Å². The van der Waals surface area contributed by atoms with Crippen LogP contribution in [-0.2, 0) is 17.8 Å². The number of nitrogens with zero attached hydrogens (tertiary/aromatic N) is 1. The molecule has 0 unspecified atom stereocenters. The van der Waals surface area contributed by atoms with Crippen LogP contribution in [-0.4, -0.2) is 24.2 Å². The molecule has 1 fully saturated rings. The molecule has 24 heavy (non-hydrogen) atoms. The Morgan fingerprint density at radius 1 is 0.750 bits per heavy atom. The third kappa shape index (κ3) is 5.77. The predicted molar refractivity (Wildman–Crippen MR) is 99.8 cm³/mol. The molecule has 1 saturated carbocycles. The summed E-state index contributed by atoms with van der Waals surface area (Å²) in [4.78, 5) is 2.49. The molecule has 0 aliphatic heterocycles. The fourth-order valence-electron chi connectivity index (χ4n) is 3.48. The highest BCUT2D eigenvalue weighted by atomic mass is 16.5. The summed E-state index contributed by atoms with van der Waals surface area (Å²) in [6.45, 7) is 3.78. The first kappa shape index (κ1) is 17.2. The van der Waals surface area contributed by atoms with E-state index in [1.54, 1.807) is 0 Å². The van der Waals surface area contributed by atoms with Crippen LogP contribution in [0.2, 0.25) is 0 Å². The van der Waals surface area contributed by atoms with Gasteiger partial charge in [-0.05, 0) is 24.0 Å². The van der Waals surface area contributed by atoms with Crippen LogP contribution in [0.15, 0.2) is 60.7 Å². The van der Waals surface area contributed by atoms with Gasteiger partial charge in [-0.2, -0.15) is 0 Å². The van der Waals surface area contributed by atoms with E-state index in [9.17, 15) is 0 Å². The summed E-state index contributed by atoms with van der Waals surface area (Å²) in [5.74, 6) is 0. The molecule has 0 atom stereocenters. The van der Waals surface area contributed by atoms with Crippen molar-refractivity contribution in [3.63, 3.8) is 0 Å². The van der Waals surface area contributed by atoms with E-state index in [0.29, 0.717) is 6.10 Å². The topological polar surface area (TPSA) is 12.5 Å². The van der Waals surface area contributed by atoms with Gasteiger partial charge in [0.2, 0.25) is 0 Å². The third-order valence-corrected chi connectivity index (χ3v) is 4.81. The van der Waals surface area contributed by atoms with Gasteiger partial charge >= 0.3 is 0 Å². The van der Waals surface area contributed by atoms with Crippen molar-refractivity contribution in [3.8, 4) is 0 Å². The molecule has 2 aromatic rings. The Hall–Kier alpha value is -1.64. The molecule has 2 nitrogen and oxygen atoms in total. The van der Waals surface area contributed by atoms with Crippen molar-refractivity contribution in [2.75, 3.05) is 13.2 Å². The van der Waals surface area contributed by atoms with E-state index in [0.717, 1.165) is 26.2 Å². The quantitative estimate of drug-likeness (QED) is 0.675. The average Bonchev–Trinajstić information content (AvgIpc) is 2.64.